The fourth-order valence-electron chi connectivity index (χ4n) is 3.20. The van der Waals surface area contributed by atoms with Crippen LogP contribution in [-0.2, 0) is 9.59 Å². The van der Waals surface area contributed by atoms with Gasteiger partial charge in [-0.1, -0.05) is 43.0 Å². The molecule has 5 nitrogen and oxygen atoms in total. The number of thioether (sulfide) groups is 1. The Labute approximate surface area is 176 Å². The summed E-state index contributed by atoms with van der Waals surface area (Å²) >= 11 is 1.38. The summed E-state index contributed by atoms with van der Waals surface area (Å²) in [6.07, 6.45) is 0.963. The van der Waals surface area contributed by atoms with Gasteiger partial charge < -0.3 is 5.32 Å². The molecule has 0 unspecified atom stereocenters. The summed E-state index contributed by atoms with van der Waals surface area (Å²) in [4.78, 5) is 31.9. The molecule has 152 valence electrons. The number of aliphatic imine (C=N–C) groups is 1. The van der Waals surface area contributed by atoms with Gasteiger partial charge in [-0.15, -0.1) is 0 Å². The van der Waals surface area contributed by atoms with Crippen LogP contribution in [0.2, 0.25) is 0 Å². The molecule has 1 fully saturated rings. The van der Waals surface area contributed by atoms with Gasteiger partial charge in [0, 0.05) is 18.7 Å². The molecule has 1 aliphatic rings. The summed E-state index contributed by atoms with van der Waals surface area (Å²) in [5, 5.41) is 3.18. The van der Waals surface area contributed by atoms with Crippen LogP contribution in [0.5, 0.6) is 0 Å². The molecule has 0 radical (unpaired) electrons. The van der Waals surface area contributed by atoms with Crippen LogP contribution in [0.15, 0.2) is 47.5 Å². The minimum absolute atomic E-state index is 0.0423. The van der Waals surface area contributed by atoms with Crippen molar-refractivity contribution in [2.75, 3.05) is 11.9 Å². The van der Waals surface area contributed by atoms with Crippen molar-refractivity contribution in [3.05, 3.63) is 59.2 Å². The average Bonchev–Trinajstić information content (AvgIpc) is 2.94. The second kappa shape index (κ2) is 9.27. The molecule has 2 aromatic rings. The van der Waals surface area contributed by atoms with Crippen LogP contribution >= 0.6 is 11.8 Å². The molecule has 2 aromatic carbocycles. The largest absolute Gasteiger partial charge is 0.326 e. The van der Waals surface area contributed by atoms with Gasteiger partial charge in [0.15, 0.2) is 5.17 Å². The summed E-state index contributed by atoms with van der Waals surface area (Å²) < 4.78 is 0. The first-order valence-corrected chi connectivity index (χ1v) is 10.8. The van der Waals surface area contributed by atoms with Crippen molar-refractivity contribution in [2.45, 2.75) is 45.8 Å². The van der Waals surface area contributed by atoms with Gasteiger partial charge in [0.25, 0.3) is 0 Å². The predicted molar refractivity (Wildman–Crippen MR) is 121 cm³/mol. The summed E-state index contributed by atoms with van der Waals surface area (Å²) in [5.41, 5.74) is 4.82. The second-order valence-corrected chi connectivity index (χ2v) is 8.57. The van der Waals surface area contributed by atoms with Crippen LogP contribution in [0.1, 0.15) is 36.5 Å². The summed E-state index contributed by atoms with van der Waals surface area (Å²) in [7, 11) is 0. The molecular weight excluding hydrogens is 382 g/mol. The lowest BCUT2D eigenvalue weighted by molar-refractivity contribution is -0.128. The number of carbonyl (C=O) groups is 2. The van der Waals surface area contributed by atoms with Crippen molar-refractivity contribution in [2.24, 2.45) is 4.99 Å². The van der Waals surface area contributed by atoms with Crippen LogP contribution in [-0.4, -0.2) is 33.7 Å². The lowest BCUT2D eigenvalue weighted by Gasteiger charge is -2.15. The summed E-state index contributed by atoms with van der Waals surface area (Å²) in [6.45, 7) is 8.59. The van der Waals surface area contributed by atoms with E-state index in [1.807, 2.05) is 70.2 Å². The molecule has 3 rings (SSSR count). The quantitative estimate of drug-likeness (QED) is 0.732. The van der Waals surface area contributed by atoms with Gasteiger partial charge in [-0.2, -0.15) is 0 Å². The van der Waals surface area contributed by atoms with Gasteiger partial charge in [0.05, 0.1) is 5.69 Å². The van der Waals surface area contributed by atoms with E-state index in [9.17, 15) is 9.59 Å². The SMILES string of the molecule is CCCN1C(=O)[C@@H](CC(=O)Nc2cc(C)ccc2C)SC1=Nc1cccc(C)c1. The number of nitrogens with one attached hydrogen (secondary N) is 1. The fourth-order valence-corrected chi connectivity index (χ4v) is 4.39. The fraction of sp³-hybridized carbons (Fsp3) is 0.348. The number of amidine groups is 1. The zero-order valence-electron chi connectivity index (χ0n) is 17.4. The highest BCUT2D eigenvalue weighted by atomic mass is 32.2. The number of hydrogen-bond donors (Lipinski definition) is 1. The first kappa shape index (κ1) is 21.1. The third-order valence-corrected chi connectivity index (χ3v) is 5.91. The molecule has 0 aromatic heterocycles. The van der Waals surface area contributed by atoms with Gasteiger partial charge in [-0.25, -0.2) is 4.99 Å². The van der Waals surface area contributed by atoms with Crippen LogP contribution in [0.3, 0.4) is 0 Å². The number of anilines is 1. The Morgan fingerprint density at radius 1 is 1.14 bits per heavy atom. The number of carbonyl (C=O) groups excluding carboxylic acids is 2. The van der Waals surface area contributed by atoms with Gasteiger partial charge >= 0.3 is 0 Å². The zero-order valence-corrected chi connectivity index (χ0v) is 18.2. The molecule has 0 spiro atoms. The third kappa shape index (κ3) is 5.26. The number of amides is 2. The average molecular weight is 410 g/mol. The zero-order chi connectivity index (χ0) is 21.0. The second-order valence-electron chi connectivity index (χ2n) is 7.40. The van der Waals surface area contributed by atoms with E-state index in [2.05, 4.69) is 10.3 Å². The number of nitrogens with zero attached hydrogens (tertiary/aromatic N) is 2. The molecule has 0 aliphatic carbocycles. The molecule has 6 heteroatoms. The van der Waals surface area contributed by atoms with Crippen molar-refractivity contribution in [1.29, 1.82) is 0 Å². The monoisotopic (exact) mass is 409 g/mol. The summed E-state index contributed by atoms with van der Waals surface area (Å²) in [5.74, 6) is -0.197. The molecule has 29 heavy (non-hydrogen) atoms. The minimum Gasteiger partial charge on any atom is -0.326 e. The predicted octanol–water partition coefficient (Wildman–Crippen LogP) is 4.98. The first-order valence-electron chi connectivity index (χ1n) is 9.88. The lowest BCUT2D eigenvalue weighted by Crippen LogP contribution is -2.34. The van der Waals surface area contributed by atoms with Gasteiger partial charge in [-0.3, -0.25) is 14.5 Å². The Morgan fingerprint density at radius 3 is 2.62 bits per heavy atom. The van der Waals surface area contributed by atoms with E-state index in [-0.39, 0.29) is 18.2 Å². The molecular formula is C23H27N3O2S. The maximum atomic E-state index is 12.9. The van der Waals surface area contributed by atoms with Crippen LogP contribution in [0.4, 0.5) is 11.4 Å². The van der Waals surface area contributed by atoms with E-state index in [1.54, 1.807) is 4.90 Å². The van der Waals surface area contributed by atoms with Gasteiger partial charge in [-0.05, 0) is 62.1 Å². The maximum absolute atomic E-state index is 12.9. The Balaban J connectivity index is 1.75. The Hall–Kier alpha value is -2.60. The molecule has 1 N–H and O–H groups in total. The van der Waals surface area contributed by atoms with Crippen molar-refractivity contribution >= 4 is 40.1 Å². The van der Waals surface area contributed by atoms with Crippen molar-refractivity contribution in [1.82, 2.24) is 4.90 Å². The van der Waals surface area contributed by atoms with Crippen molar-refractivity contribution in [3.8, 4) is 0 Å². The topological polar surface area (TPSA) is 61.8 Å². The normalized spacial score (nSPS) is 17.8. The van der Waals surface area contributed by atoms with Crippen molar-refractivity contribution < 1.29 is 9.59 Å². The molecule has 1 atom stereocenters. The van der Waals surface area contributed by atoms with E-state index < -0.39 is 5.25 Å². The smallest absolute Gasteiger partial charge is 0.242 e. The van der Waals surface area contributed by atoms with Gasteiger partial charge in [0.1, 0.15) is 5.25 Å². The highest BCUT2D eigenvalue weighted by Gasteiger charge is 2.38. The van der Waals surface area contributed by atoms with Crippen LogP contribution in [0, 0.1) is 20.8 Å². The van der Waals surface area contributed by atoms with E-state index >= 15 is 0 Å². The van der Waals surface area contributed by atoms with E-state index in [4.69, 9.17) is 0 Å². The maximum Gasteiger partial charge on any atom is 0.242 e. The molecule has 0 saturated carbocycles. The Kier molecular flexibility index (Phi) is 6.75. The molecule has 1 heterocycles. The van der Waals surface area contributed by atoms with E-state index in [0.29, 0.717) is 11.7 Å². The highest BCUT2D eigenvalue weighted by molar-refractivity contribution is 8.15. The molecule has 2 amide bonds. The van der Waals surface area contributed by atoms with Crippen LogP contribution < -0.4 is 5.32 Å². The van der Waals surface area contributed by atoms with Crippen molar-refractivity contribution in [3.63, 3.8) is 0 Å². The van der Waals surface area contributed by atoms with Gasteiger partial charge in [0.2, 0.25) is 11.8 Å². The minimum atomic E-state index is -0.449. The standard InChI is InChI=1S/C23H27N3O2S/c1-5-11-26-22(28)20(29-23(26)24-18-8-6-7-15(2)12-18)14-21(27)25-19-13-16(3)9-10-17(19)4/h6-10,12-13,20H,5,11,14H2,1-4H3,(H,25,27)/t20-/m1/s1. The first-order chi connectivity index (χ1) is 13.9. The number of hydrogen-bond acceptors (Lipinski definition) is 4. The molecule has 1 aliphatic heterocycles. The Bertz CT molecular complexity index is 955. The molecule has 0 bridgehead atoms. The summed E-state index contributed by atoms with van der Waals surface area (Å²) in [6, 6.07) is 13.8. The lowest BCUT2D eigenvalue weighted by atomic mass is 10.1. The van der Waals surface area contributed by atoms with E-state index in [1.165, 1.54) is 11.8 Å². The number of aryl methyl sites for hydroxylation is 3. The highest BCUT2D eigenvalue weighted by Crippen LogP contribution is 2.32. The Morgan fingerprint density at radius 2 is 1.90 bits per heavy atom. The van der Waals surface area contributed by atoms with E-state index in [0.717, 1.165) is 34.5 Å². The molecule has 1 saturated heterocycles. The van der Waals surface area contributed by atoms with Crippen LogP contribution in [0.25, 0.3) is 0 Å². The third-order valence-electron chi connectivity index (χ3n) is 4.73. The number of benzene rings is 2. The number of rotatable bonds is 6.